The molecule has 1 heterocycles. The molecule has 4 aromatic rings. The third-order valence-electron chi connectivity index (χ3n) is 4.05. The molecule has 0 atom stereocenters. The lowest BCUT2D eigenvalue weighted by Gasteiger charge is -2.11. The van der Waals surface area contributed by atoms with Crippen LogP contribution in [0.15, 0.2) is 83.3 Å². The van der Waals surface area contributed by atoms with Gasteiger partial charge in [0.25, 0.3) is 0 Å². The van der Waals surface area contributed by atoms with Crippen LogP contribution in [0.5, 0.6) is 11.5 Å². The lowest BCUT2D eigenvalue weighted by Crippen LogP contribution is -2.01. The molecular formula is C22H19N3O2. The second-order valence-corrected chi connectivity index (χ2v) is 6.13. The van der Waals surface area contributed by atoms with Crippen molar-refractivity contribution >= 4 is 5.69 Å². The van der Waals surface area contributed by atoms with Crippen LogP contribution in [-0.2, 0) is 6.54 Å². The number of hydrogen-bond donors (Lipinski definition) is 1. The summed E-state index contributed by atoms with van der Waals surface area (Å²) in [7, 11) is 0. The third-order valence-corrected chi connectivity index (χ3v) is 4.05. The zero-order valence-corrected chi connectivity index (χ0v) is 14.9. The molecule has 27 heavy (non-hydrogen) atoms. The van der Waals surface area contributed by atoms with Gasteiger partial charge >= 0.3 is 0 Å². The highest BCUT2D eigenvalue weighted by Crippen LogP contribution is 2.29. The lowest BCUT2D eigenvalue weighted by atomic mass is 10.1. The van der Waals surface area contributed by atoms with E-state index in [0.29, 0.717) is 18.3 Å². The van der Waals surface area contributed by atoms with E-state index in [0.717, 1.165) is 22.7 Å². The largest absolute Gasteiger partial charge is 0.455 e. The van der Waals surface area contributed by atoms with Crippen LogP contribution in [0.25, 0.3) is 11.5 Å². The smallest absolute Gasteiger partial charge is 0.247 e. The number of aryl methyl sites for hydroxylation is 1. The zero-order valence-electron chi connectivity index (χ0n) is 14.9. The maximum absolute atomic E-state index is 5.95. The molecule has 0 bridgehead atoms. The van der Waals surface area contributed by atoms with E-state index in [4.69, 9.17) is 9.15 Å². The van der Waals surface area contributed by atoms with Crippen LogP contribution in [0.4, 0.5) is 5.69 Å². The summed E-state index contributed by atoms with van der Waals surface area (Å²) >= 11 is 0. The van der Waals surface area contributed by atoms with Crippen LogP contribution < -0.4 is 10.1 Å². The first kappa shape index (κ1) is 16.8. The van der Waals surface area contributed by atoms with E-state index in [1.54, 1.807) is 0 Å². The average molecular weight is 357 g/mol. The van der Waals surface area contributed by atoms with E-state index in [9.17, 15) is 0 Å². The Morgan fingerprint density at radius 3 is 2.41 bits per heavy atom. The predicted octanol–water partition coefficient (Wildman–Crippen LogP) is 5.45. The molecule has 0 saturated carbocycles. The van der Waals surface area contributed by atoms with Crippen molar-refractivity contribution < 1.29 is 9.15 Å². The highest BCUT2D eigenvalue weighted by atomic mass is 16.5. The van der Waals surface area contributed by atoms with Gasteiger partial charge in [0.05, 0.1) is 12.2 Å². The van der Waals surface area contributed by atoms with Crippen LogP contribution >= 0.6 is 0 Å². The molecule has 134 valence electrons. The summed E-state index contributed by atoms with van der Waals surface area (Å²) in [5.41, 5.74) is 2.96. The Labute approximate surface area is 157 Å². The molecule has 0 spiro atoms. The number of nitrogens with one attached hydrogen (secondary N) is 1. The second kappa shape index (κ2) is 7.74. The minimum atomic E-state index is 0.411. The molecule has 4 rings (SSSR count). The summed E-state index contributed by atoms with van der Waals surface area (Å²) in [5, 5.41) is 11.6. The van der Waals surface area contributed by atoms with E-state index in [2.05, 4.69) is 15.5 Å². The van der Waals surface area contributed by atoms with Gasteiger partial charge in [-0.25, -0.2) is 0 Å². The molecule has 0 unspecified atom stereocenters. The van der Waals surface area contributed by atoms with Crippen molar-refractivity contribution in [3.05, 3.63) is 90.3 Å². The van der Waals surface area contributed by atoms with Crippen molar-refractivity contribution in [2.75, 3.05) is 5.32 Å². The molecule has 0 aliphatic carbocycles. The van der Waals surface area contributed by atoms with Crippen LogP contribution in [0.3, 0.4) is 0 Å². The fraction of sp³-hybridized carbons (Fsp3) is 0.0909. The van der Waals surface area contributed by atoms with Crippen LogP contribution in [0.2, 0.25) is 0 Å². The Kier molecular flexibility index (Phi) is 4.83. The molecular weight excluding hydrogens is 338 g/mol. The predicted molar refractivity (Wildman–Crippen MR) is 105 cm³/mol. The van der Waals surface area contributed by atoms with Crippen molar-refractivity contribution in [1.82, 2.24) is 10.2 Å². The topological polar surface area (TPSA) is 60.2 Å². The number of anilines is 1. The number of nitrogens with zero attached hydrogens (tertiary/aromatic N) is 2. The van der Waals surface area contributed by atoms with Gasteiger partial charge in [0, 0.05) is 5.56 Å². The quantitative estimate of drug-likeness (QED) is 0.497. The molecule has 0 amide bonds. The Morgan fingerprint density at radius 1 is 0.852 bits per heavy atom. The molecule has 0 aliphatic rings. The van der Waals surface area contributed by atoms with E-state index < -0.39 is 0 Å². The summed E-state index contributed by atoms with van der Waals surface area (Å²) in [6.07, 6.45) is 0. The number of ether oxygens (including phenoxy) is 1. The standard InChI is InChI=1S/C22H19N3O2/c1-16-11-13-17(14-12-16)22-25-24-21(27-22)15-23-19-9-5-6-10-20(19)26-18-7-3-2-4-8-18/h2-14,23H,15H2,1H3. The summed E-state index contributed by atoms with van der Waals surface area (Å²) in [6.45, 7) is 2.45. The molecule has 3 aromatic carbocycles. The minimum absolute atomic E-state index is 0.411. The number of benzene rings is 3. The fourth-order valence-electron chi connectivity index (χ4n) is 2.63. The number of aromatic nitrogens is 2. The van der Waals surface area contributed by atoms with Crippen LogP contribution in [0.1, 0.15) is 11.5 Å². The van der Waals surface area contributed by atoms with Gasteiger partial charge in [-0.15, -0.1) is 10.2 Å². The van der Waals surface area contributed by atoms with E-state index in [1.807, 2.05) is 85.8 Å². The fourth-order valence-corrected chi connectivity index (χ4v) is 2.63. The van der Waals surface area contributed by atoms with Crippen molar-refractivity contribution in [1.29, 1.82) is 0 Å². The van der Waals surface area contributed by atoms with Crippen LogP contribution in [-0.4, -0.2) is 10.2 Å². The Balaban J connectivity index is 1.46. The molecule has 0 saturated heterocycles. The van der Waals surface area contributed by atoms with Crippen molar-refractivity contribution in [3.63, 3.8) is 0 Å². The van der Waals surface area contributed by atoms with Gasteiger partial charge in [-0.05, 0) is 43.3 Å². The van der Waals surface area contributed by atoms with Gasteiger partial charge in [0.2, 0.25) is 11.8 Å². The molecule has 5 heteroatoms. The Bertz CT molecular complexity index is 1010. The number of rotatable bonds is 6. The van der Waals surface area contributed by atoms with Gasteiger partial charge in [-0.3, -0.25) is 0 Å². The second-order valence-electron chi connectivity index (χ2n) is 6.13. The van der Waals surface area contributed by atoms with Gasteiger partial charge in [-0.2, -0.15) is 0 Å². The first-order chi connectivity index (χ1) is 13.3. The lowest BCUT2D eigenvalue weighted by molar-refractivity contribution is 0.483. The van der Waals surface area contributed by atoms with Crippen LogP contribution in [0, 0.1) is 6.92 Å². The third kappa shape index (κ3) is 4.15. The highest BCUT2D eigenvalue weighted by molar-refractivity contribution is 5.57. The molecule has 1 aromatic heterocycles. The monoisotopic (exact) mass is 357 g/mol. The van der Waals surface area contributed by atoms with E-state index in [1.165, 1.54) is 5.56 Å². The summed E-state index contributed by atoms with van der Waals surface area (Å²) in [5.74, 6) is 2.55. The van der Waals surface area contributed by atoms with Crippen molar-refractivity contribution in [3.8, 4) is 23.0 Å². The number of hydrogen-bond acceptors (Lipinski definition) is 5. The first-order valence-corrected chi connectivity index (χ1v) is 8.73. The van der Waals surface area contributed by atoms with Gasteiger partial charge in [0.15, 0.2) is 5.75 Å². The maximum atomic E-state index is 5.95. The minimum Gasteiger partial charge on any atom is -0.455 e. The normalized spacial score (nSPS) is 10.6. The zero-order chi connectivity index (χ0) is 18.5. The average Bonchev–Trinajstić information content (AvgIpc) is 3.18. The molecule has 0 aliphatic heterocycles. The van der Waals surface area contributed by atoms with Crippen molar-refractivity contribution in [2.45, 2.75) is 13.5 Å². The van der Waals surface area contributed by atoms with Gasteiger partial charge < -0.3 is 14.5 Å². The van der Waals surface area contributed by atoms with E-state index >= 15 is 0 Å². The SMILES string of the molecule is Cc1ccc(-c2nnc(CNc3ccccc3Oc3ccccc3)o2)cc1. The van der Waals surface area contributed by atoms with Gasteiger partial charge in [0.1, 0.15) is 5.75 Å². The summed E-state index contributed by atoms with van der Waals surface area (Å²) in [6, 6.07) is 25.4. The molecule has 0 radical (unpaired) electrons. The molecule has 5 nitrogen and oxygen atoms in total. The van der Waals surface area contributed by atoms with E-state index in [-0.39, 0.29) is 0 Å². The summed E-state index contributed by atoms with van der Waals surface area (Å²) < 4.78 is 11.7. The molecule has 1 N–H and O–H groups in total. The Hall–Kier alpha value is -3.60. The van der Waals surface area contributed by atoms with Gasteiger partial charge in [-0.1, -0.05) is 48.0 Å². The summed E-state index contributed by atoms with van der Waals surface area (Å²) in [4.78, 5) is 0. The maximum Gasteiger partial charge on any atom is 0.247 e. The Morgan fingerprint density at radius 2 is 1.59 bits per heavy atom. The highest BCUT2D eigenvalue weighted by Gasteiger charge is 2.10. The first-order valence-electron chi connectivity index (χ1n) is 8.73. The molecule has 0 fully saturated rings. The number of para-hydroxylation sites is 3. The van der Waals surface area contributed by atoms with Crippen molar-refractivity contribution in [2.24, 2.45) is 0 Å².